The van der Waals surface area contributed by atoms with Crippen molar-refractivity contribution in [2.45, 2.75) is 65.7 Å². The molecule has 26 heavy (non-hydrogen) atoms. The molecule has 0 unspecified atom stereocenters. The summed E-state index contributed by atoms with van der Waals surface area (Å²) in [4.78, 5) is 41.5. The van der Waals surface area contributed by atoms with Crippen LogP contribution in [0.5, 0.6) is 0 Å². The summed E-state index contributed by atoms with van der Waals surface area (Å²) >= 11 is 0. The first-order valence-electron chi connectivity index (χ1n) is 8.66. The smallest absolute Gasteiger partial charge is 0.408 e. The number of alkyl carbamates (subject to hydrolysis) is 1. The molecular weight excluding hydrogens is 344 g/mol. The van der Waals surface area contributed by atoms with E-state index in [-0.39, 0.29) is 25.3 Å². The van der Waals surface area contributed by atoms with Crippen LogP contribution in [0.3, 0.4) is 0 Å². The van der Waals surface area contributed by atoms with Crippen LogP contribution in [0.2, 0.25) is 0 Å². The highest BCUT2D eigenvalue weighted by atomic mass is 16.6. The molecule has 0 aromatic heterocycles. The number of hydrogen-bond donors (Lipinski definition) is 1. The van der Waals surface area contributed by atoms with Gasteiger partial charge >= 0.3 is 18.0 Å². The zero-order chi connectivity index (χ0) is 19.9. The number of oxime groups is 1. The summed E-state index contributed by atoms with van der Waals surface area (Å²) in [5, 5.41) is 6.26. The van der Waals surface area contributed by atoms with Crippen molar-refractivity contribution in [2.24, 2.45) is 11.1 Å². The minimum atomic E-state index is -1.02. The van der Waals surface area contributed by atoms with Gasteiger partial charge in [0.05, 0.1) is 19.1 Å². The molecule has 0 aromatic rings. The summed E-state index contributed by atoms with van der Waals surface area (Å²) in [6, 6.07) is -1.02. The van der Waals surface area contributed by atoms with E-state index >= 15 is 0 Å². The van der Waals surface area contributed by atoms with Crippen LogP contribution < -0.4 is 5.32 Å². The van der Waals surface area contributed by atoms with Crippen LogP contribution in [0.25, 0.3) is 0 Å². The number of nitrogens with one attached hydrogen (secondary N) is 1. The Balaban J connectivity index is 2.90. The third-order valence-corrected chi connectivity index (χ3v) is 3.47. The maximum atomic E-state index is 12.3. The Bertz CT molecular complexity index is 554. The highest BCUT2D eigenvalue weighted by Crippen LogP contribution is 2.24. The molecule has 1 N–H and O–H groups in total. The minimum absolute atomic E-state index is 0.0664. The molecule has 0 aromatic carbocycles. The third-order valence-electron chi connectivity index (χ3n) is 3.47. The molecule has 0 aliphatic carbocycles. The highest BCUT2D eigenvalue weighted by molar-refractivity contribution is 6.37. The van der Waals surface area contributed by atoms with Gasteiger partial charge in [0.15, 0.2) is 5.71 Å². The summed E-state index contributed by atoms with van der Waals surface area (Å²) in [5.41, 5.74) is -0.635. The second-order valence-electron chi connectivity index (χ2n) is 6.80. The van der Waals surface area contributed by atoms with Gasteiger partial charge in [-0.1, -0.05) is 5.16 Å². The van der Waals surface area contributed by atoms with Crippen molar-refractivity contribution < 1.29 is 33.4 Å². The SMILES string of the molecule is CCOC(=O)C1=NO[C@@H](C)[C@H]1C[C@H](NC(=O)OC(C)(C)C)C(=O)OCC. The minimum Gasteiger partial charge on any atom is -0.464 e. The lowest BCUT2D eigenvalue weighted by Crippen LogP contribution is -2.47. The number of ether oxygens (including phenoxy) is 3. The number of rotatable bonds is 7. The average Bonchev–Trinajstić information content (AvgIpc) is 2.86. The Labute approximate surface area is 153 Å². The van der Waals surface area contributed by atoms with Gasteiger partial charge in [-0.2, -0.15) is 0 Å². The monoisotopic (exact) mass is 372 g/mol. The second-order valence-corrected chi connectivity index (χ2v) is 6.80. The predicted molar refractivity (Wildman–Crippen MR) is 92.5 cm³/mol. The van der Waals surface area contributed by atoms with Crippen molar-refractivity contribution in [3.8, 4) is 0 Å². The van der Waals surface area contributed by atoms with E-state index in [9.17, 15) is 14.4 Å². The molecule has 1 heterocycles. The van der Waals surface area contributed by atoms with Crippen LogP contribution in [0.4, 0.5) is 4.79 Å². The summed E-state index contributed by atoms with van der Waals surface area (Å²) in [6.45, 7) is 10.5. The highest BCUT2D eigenvalue weighted by Gasteiger charge is 2.40. The summed E-state index contributed by atoms with van der Waals surface area (Å²) in [5.74, 6) is -1.76. The van der Waals surface area contributed by atoms with Crippen molar-refractivity contribution in [1.29, 1.82) is 0 Å². The normalized spacial score (nSPS) is 20.5. The Morgan fingerprint density at radius 3 is 2.35 bits per heavy atom. The van der Waals surface area contributed by atoms with E-state index in [1.165, 1.54) is 0 Å². The van der Waals surface area contributed by atoms with Crippen molar-refractivity contribution in [2.75, 3.05) is 13.2 Å². The van der Waals surface area contributed by atoms with Crippen LogP contribution in [-0.4, -0.2) is 54.7 Å². The van der Waals surface area contributed by atoms with Crippen LogP contribution in [0.1, 0.15) is 48.0 Å². The zero-order valence-electron chi connectivity index (χ0n) is 16.2. The lowest BCUT2D eigenvalue weighted by molar-refractivity contribution is -0.146. The molecular formula is C17H28N2O7. The topological polar surface area (TPSA) is 113 Å². The van der Waals surface area contributed by atoms with E-state index in [1.54, 1.807) is 41.5 Å². The van der Waals surface area contributed by atoms with Gasteiger partial charge in [-0.25, -0.2) is 14.4 Å². The first kappa shape index (κ1) is 21.7. The lowest BCUT2D eigenvalue weighted by Gasteiger charge is -2.25. The molecule has 0 radical (unpaired) electrons. The molecule has 1 aliphatic heterocycles. The molecule has 0 saturated carbocycles. The Kier molecular flexibility index (Phi) is 7.85. The quantitative estimate of drug-likeness (QED) is 0.535. The molecule has 3 atom stereocenters. The van der Waals surface area contributed by atoms with E-state index < -0.39 is 41.7 Å². The van der Waals surface area contributed by atoms with Crippen molar-refractivity contribution in [1.82, 2.24) is 5.32 Å². The van der Waals surface area contributed by atoms with Gasteiger partial charge in [0, 0.05) is 0 Å². The van der Waals surface area contributed by atoms with Gasteiger partial charge in [0.1, 0.15) is 17.7 Å². The maximum Gasteiger partial charge on any atom is 0.408 e. The van der Waals surface area contributed by atoms with Crippen molar-refractivity contribution >= 4 is 23.7 Å². The molecule has 148 valence electrons. The maximum absolute atomic E-state index is 12.3. The average molecular weight is 372 g/mol. The first-order valence-corrected chi connectivity index (χ1v) is 8.66. The van der Waals surface area contributed by atoms with Crippen molar-refractivity contribution in [3.05, 3.63) is 0 Å². The van der Waals surface area contributed by atoms with Gasteiger partial charge in [-0.15, -0.1) is 0 Å². The number of hydrogen-bond acceptors (Lipinski definition) is 8. The van der Waals surface area contributed by atoms with Crippen LogP contribution in [-0.2, 0) is 28.6 Å². The molecule has 1 rings (SSSR count). The lowest BCUT2D eigenvalue weighted by atomic mass is 9.91. The van der Waals surface area contributed by atoms with E-state index in [4.69, 9.17) is 19.0 Å². The molecule has 9 nitrogen and oxygen atoms in total. The Hall–Kier alpha value is -2.32. The third kappa shape index (κ3) is 6.53. The fourth-order valence-electron chi connectivity index (χ4n) is 2.36. The second kappa shape index (κ2) is 9.40. The number of nitrogens with zero attached hydrogens (tertiary/aromatic N) is 1. The van der Waals surface area contributed by atoms with Gasteiger partial charge in [-0.3, -0.25) is 0 Å². The van der Waals surface area contributed by atoms with E-state index in [1.807, 2.05) is 0 Å². The molecule has 1 aliphatic rings. The summed E-state index contributed by atoms with van der Waals surface area (Å²) in [7, 11) is 0. The van der Waals surface area contributed by atoms with Gasteiger partial charge in [0.2, 0.25) is 0 Å². The van der Waals surface area contributed by atoms with E-state index in [2.05, 4.69) is 10.5 Å². The summed E-state index contributed by atoms with van der Waals surface area (Å²) in [6.07, 6.45) is -1.14. The summed E-state index contributed by atoms with van der Waals surface area (Å²) < 4.78 is 15.2. The number of amides is 1. The fourth-order valence-corrected chi connectivity index (χ4v) is 2.36. The first-order chi connectivity index (χ1) is 12.1. The standard InChI is InChI=1S/C17H28N2O7/c1-7-23-14(20)12(18-16(22)25-17(4,5)6)9-11-10(3)26-19-13(11)15(21)24-8-2/h10-12H,7-9H2,1-6H3,(H,18,22)/t10-,11+,12-/m0/s1. The molecule has 0 spiro atoms. The number of carbonyl (C=O) groups excluding carboxylic acids is 3. The van der Waals surface area contributed by atoms with E-state index in [0.717, 1.165) is 0 Å². The number of esters is 2. The number of carbonyl (C=O) groups is 3. The fraction of sp³-hybridized carbons (Fsp3) is 0.765. The van der Waals surface area contributed by atoms with Gasteiger partial charge < -0.3 is 24.4 Å². The van der Waals surface area contributed by atoms with Crippen LogP contribution >= 0.6 is 0 Å². The molecule has 9 heteroatoms. The van der Waals surface area contributed by atoms with Crippen molar-refractivity contribution in [3.63, 3.8) is 0 Å². The molecule has 0 fully saturated rings. The Morgan fingerprint density at radius 2 is 1.81 bits per heavy atom. The van der Waals surface area contributed by atoms with Gasteiger partial charge in [0.25, 0.3) is 0 Å². The Morgan fingerprint density at radius 1 is 1.19 bits per heavy atom. The van der Waals surface area contributed by atoms with Gasteiger partial charge in [-0.05, 0) is 48.0 Å². The molecule has 1 amide bonds. The molecule has 0 bridgehead atoms. The van der Waals surface area contributed by atoms with Crippen LogP contribution in [0, 0.1) is 5.92 Å². The van der Waals surface area contributed by atoms with Crippen LogP contribution in [0.15, 0.2) is 5.16 Å². The predicted octanol–water partition coefficient (Wildman–Crippen LogP) is 1.79. The zero-order valence-corrected chi connectivity index (χ0v) is 16.2. The van der Waals surface area contributed by atoms with E-state index in [0.29, 0.717) is 0 Å². The molecule has 0 saturated heterocycles. The largest absolute Gasteiger partial charge is 0.464 e.